The van der Waals surface area contributed by atoms with Gasteiger partial charge in [-0.2, -0.15) is 0 Å². The number of piperidine rings is 1. The minimum atomic E-state index is 0.636. The van der Waals surface area contributed by atoms with Gasteiger partial charge in [-0.25, -0.2) is 4.98 Å². The van der Waals surface area contributed by atoms with E-state index < -0.39 is 0 Å². The molecule has 136 valence electrons. The molecule has 1 unspecified atom stereocenters. The molecule has 2 aromatic rings. The van der Waals surface area contributed by atoms with Crippen LogP contribution in [-0.2, 0) is 19.5 Å². The maximum Gasteiger partial charge on any atom is 0.106 e. The molecule has 1 aliphatic heterocycles. The molecule has 4 nitrogen and oxygen atoms in total. The summed E-state index contributed by atoms with van der Waals surface area (Å²) in [5.74, 6) is 1.15. The summed E-state index contributed by atoms with van der Waals surface area (Å²) in [6.45, 7) is 6.59. The highest BCUT2D eigenvalue weighted by Crippen LogP contribution is 2.18. The molecule has 0 saturated carbocycles. The molecule has 1 atom stereocenters. The lowest BCUT2D eigenvalue weighted by Crippen LogP contribution is -2.45. The van der Waals surface area contributed by atoms with Crippen LogP contribution in [0.25, 0.3) is 0 Å². The number of rotatable bonds is 8. The maximum absolute atomic E-state index is 4.54. The summed E-state index contributed by atoms with van der Waals surface area (Å²) in [6.07, 6.45) is 8.10. The van der Waals surface area contributed by atoms with Gasteiger partial charge in [0.25, 0.3) is 0 Å². The number of aromatic nitrogens is 2. The van der Waals surface area contributed by atoms with Crippen molar-refractivity contribution in [1.29, 1.82) is 0 Å². The van der Waals surface area contributed by atoms with Crippen LogP contribution in [0.2, 0.25) is 0 Å². The number of hydrogen-bond donors (Lipinski definition) is 1. The van der Waals surface area contributed by atoms with E-state index in [1.165, 1.54) is 43.5 Å². The Morgan fingerprint density at radius 2 is 2.12 bits per heavy atom. The zero-order chi connectivity index (χ0) is 17.5. The Balaban J connectivity index is 1.51. The van der Waals surface area contributed by atoms with Gasteiger partial charge in [0.2, 0.25) is 0 Å². The van der Waals surface area contributed by atoms with Crippen LogP contribution in [0.5, 0.6) is 0 Å². The van der Waals surface area contributed by atoms with Gasteiger partial charge < -0.3 is 4.98 Å². The van der Waals surface area contributed by atoms with Crippen LogP contribution in [-0.4, -0.2) is 45.9 Å². The zero-order valence-electron chi connectivity index (χ0n) is 15.7. The molecule has 1 aromatic heterocycles. The predicted octanol–water partition coefficient (Wildman–Crippen LogP) is 3.85. The Hall–Kier alpha value is -1.65. The monoisotopic (exact) mass is 340 g/mol. The van der Waals surface area contributed by atoms with Crippen molar-refractivity contribution >= 4 is 0 Å². The second kappa shape index (κ2) is 9.16. The predicted molar refractivity (Wildman–Crippen MR) is 103 cm³/mol. The third-order valence-corrected chi connectivity index (χ3v) is 5.22. The third-order valence-electron chi connectivity index (χ3n) is 5.22. The van der Waals surface area contributed by atoms with E-state index in [1.807, 2.05) is 6.20 Å². The van der Waals surface area contributed by atoms with Crippen LogP contribution in [0.1, 0.15) is 49.7 Å². The SMILES string of the molecule is CCCCc1ncc(CN2CCCC(N(C)Cc3ccccc3)C2)[nH]1. The van der Waals surface area contributed by atoms with E-state index in [0.29, 0.717) is 6.04 Å². The zero-order valence-corrected chi connectivity index (χ0v) is 15.7. The summed E-state index contributed by atoms with van der Waals surface area (Å²) in [5.41, 5.74) is 2.66. The van der Waals surface area contributed by atoms with E-state index in [4.69, 9.17) is 0 Å². The van der Waals surface area contributed by atoms with Crippen molar-refractivity contribution in [3.05, 3.63) is 53.6 Å². The van der Waals surface area contributed by atoms with Crippen LogP contribution < -0.4 is 0 Å². The highest BCUT2D eigenvalue weighted by Gasteiger charge is 2.23. The van der Waals surface area contributed by atoms with Crippen molar-refractivity contribution < 1.29 is 0 Å². The number of nitrogens with zero attached hydrogens (tertiary/aromatic N) is 3. The molecule has 25 heavy (non-hydrogen) atoms. The molecule has 1 N–H and O–H groups in total. The maximum atomic E-state index is 4.54. The quantitative estimate of drug-likeness (QED) is 0.793. The first kappa shape index (κ1) is 18.2. The van der Waals surface area contributed by atoms with Gasteiger partial charge in [0.05, 0.1) is 0 Å². The third kappa shape index (κ3) is 5.41. The molecule has 1 saturated heterocycles. The molecule has 4 heteroatoms. The molecular formula is C21H32N4. The van der Waals surface area contributed by atoms with E-state index in [-0.39, 0.29) is 0 Å². The van der Waals surface area contributed by atoms with Gasteiger partial charge >= 0.3 is 0 Å². The normalized spacial score (nSPS) is 18.8. The summed E-state index contributed by atoms with van der Waals surface area (Å²) in [4.78, 5) is 13.1. The topological polar surface area (TPSA) is 35.2 Å². The molecule has 1 fully saturated rings. The van der Waals surface area contributed by atoms with Crippen LogP contribution in [0.3, 0.4) is 0 Å². The smallest absolute Gasteiger partial charge is 0.106 e. The minimum Gasteiger partial charge on any atom is -0.345 e. The second-order valence-corrected chi connectivity index (χ2v) is 7.39. The van der Waals surface area contributed by atoms with Crippen LogP contribution in [0.15, 0.2) is 36.5 Å². The molecule has 0 spiro atoms. The highest BCUT2D eigenvalue weighted by molar-refractivity contribution is 5.14. The largest absolute Gasteiger partial charge is 0.345 e. The second-order valence-electron chi connectivity index (χ2n) is 7.39. The number of likely N-dealkylation sites (tertiary alicyclic amines) is 1. The molecule has 1 aromatic carbocycles. The van der Waals surface area contributed by atoms with Gasteiger partial charge in [-0.15, -0.1) is 0 Å². The van der Waals surface area contributed by atoms with Crippen LogP contribution >= 0.6 is 0 Å². The summed E-state index contributed by atoms with van der Waals surface area (Å²) >= 11 is 0. The molecule has 0 bridgehead atoms. The molecule has 2 heterocycles. The van der Waals surface area contributed by atoms with Crippen LogP contribution in [0, 0.1) is 0 Å². The highest BCUT2D eigenvalue weighted by atomic mass is 15.2. The Kier molecular flexibility index (Phi) is 6.65. The minimum absolute atomic E-state index is 0.636. The Bertz CT molecular complexity index is 622. The number of hydrogen-bond acceptors (Lipinski definition) is 3. The van der Waals surface area contributed by atoms with Gasteiger partial charge in [0, 0.05) is 44.0 Å². The fraction of sp³-hybridized carbons (Fsp3) is 0.571. The molecule has 1 aliphatic rings. The lowest BCUT2D eigenvalue weighted by Gasteiger charge is -2.37. The summed E-state index contributed by atoms with van der Waals surface area (Å²) < 4.78 is 0. The Morgan fingerprint density at radius 3 is 2.92 bits per heavy atom. The summed E-state index contributed by atoms with van der Waals surface area (Å²) in [6, 6.07) is 11.4. The molecule has 0 radical (unpaired) electrons. The van der Waals surface area contributed by atoms with E-state index in [9.17, 15) is 0 Å². The first-order valence-electron chi connectivity index (χ1n) is 9.74. The van der Waals surface area contributed by atoms with Crippen LogP contribution in [0.4, 0.5) is 0 Å². The number of benzene rings is 1. The first-order valence-corrected chi connectivity index (χ1v) is 9.74. The standard InChI is InChI=1S/C21H32N4/c1-3-4-12-21-22-14-19(23-21)16-25-13-8-11-20(17-25)24(2)15-18-9-6-5-7-10-18/h5-7,9-10,14,20H,3-4,8,11-13,15-17H2,1-2H3,(H,22,23). The lowest BCUT2D eigenvalue weighted by atomic mass is 10.0. The summed E-state index contributed by atoms with van der Waals surface area (Å²) in [7, 11) is 2.26. The Morgan fingerprint density at radius 1 is 1.28 bits per heavy atom. The fourth-order valence-electron chi connectivity index (χ4n) is 3.73. The molecule has 0 aliphatic carbocycles. The van der Waals surface area contributed by atoms with Crippen molar-refractivity contribution in [3.63, 3.8) is 0 Å². The first-order chi connectivity index (χ1) is 12.2. The van der Waals surface area contributed by atoms with Gasteiger partial charge in [-0.3, -0.25) is 9.80 Å². The molecule has 0 amide bonds. The average molecular weight is 341 g/mol. The number of H-pyrrole nitrogens is 1. The van der Waals surface area contributed by atoms with Crippen molar-refractivity contribution in [2.24, 2.45) is 0 Å². The average Bonchev–Trinajstić information content (AvgIpc) is 3.08. The van der Waals surface area contributed by atoms with Crippen molar-refractivity contribution in [2.45, 2.75) is 58.2 Å². The molecule has 3 rings (SSSR count). The van der Waals surface area contributed by atoms with Gasteiger partial charge in [0.15, 0.2) is 0 Å². The lowest BCUT2D eigenvalue weighted by molar-refractivity contribution is 0.106. The number of imidazole rings is 1. The van der Waals surface area contributed by atoms with E-state index >= 15 is 0 Å². The number of likely N-dealkylation sites (N-methyl/N-ethyl adjacent to an activating group) is 1. The number of aryl methyl sites for hydroxylation is 1. The van der Waals surface area contributed by atoms with E-state index in [0.717, 1.165) is 31.9 Å². The van der Waals surface area contributed by atoms with Gasteiger partial charge in [-0.05, 0) is 38.4 Å². The molecular weight excluding hydrogens is 308 g/mol. The van der Waals surface area contributed by atoms with Crippen molar-refractivity contribution in [1.82, 2.24) is 19.8 Å². The number of unbranched alkanes of at least 4 members (excludes halogenated alkanes) is 1. The van der Waals surface area contributed by atoms with Gasteiger partial charge in [0.1, 0.15) is 5.82 Å². The number of aromatic amines is 1. The number of nitrogens with one attached hydrogen (secondary N) is 1. The van der Waals surface area contributed by atoms with Crippen molar-refractivity contribution in [3.8, 4) is 0 Å². The summed E-state index contributed by atoms with van der Waals surface area (Å²) in [5, 5.41) is 0. The van der Waals surface area contributed by atoms with E-state index in [2.05, 4.69) is 64.1 Å². The van der Waals surface area contributed by atoms with Crippen molar-refractivity contribution in [2.75, 3.05) is 20.1 Å². The van der Waals surface area contributed by atoms with E-state index in [1.54, 1.807) is 0 Å². The Labute approximate surface area is 152 Å². The van der Waals surface area contributed by atoms with Gasteiger partial charge in [-0.1, -0.05) is 43.7 Å². The fourth-order valence-corrected chi connectivity index (χ4v) is 3.73.